The van der Waals surface area contributed by atoms with Crippen LogP contribution in [-0.2, 0) is 6.61 Å². The third kappa shape index (κ3) is 3.25. The number of hydrogen-bond donors (Lipinski definition) is 2. The molecular formula is C15H15NO3. The second-order valence-electron chi connectivity index (χ2n) is 4.04. The van der Waals surface area contributed by atoms with Gasteiger partial charge in [-0.15, -0.1) is 0 Å². The molecule has 2 aromatic carbocycles. The van der Waals surface area contributed by atoms with E-state index >= 15 is 0 Å². The highest BCUT2D eigenvalue weighted by atomic mass is 16.5. The Kier molecular flexibility index (Phi) is 4.03. The van der Waals surface area contributed by atoms with Crippen molar-refractivity contribution in [2.24, 2.45) is 0 Å². The standard InChI is InChI=1S/C15H15NO3/c1-16-12-7-8-13(15(17)18)14(9-12)19-10-11-5-3-2-4-6-11/h2-9,16H,10H2,1H3,(H,17,18). The zero-order chi connectivity index (χ0) is 13.7. The maximum atomic E-state index is 11.1. The molecule has 19 heavy (non-hydrogen) atoms. The molecule has 4 nitrogen and oxygen atoms in total. The van der Waals surface area contributed by atoms with E-state index in [0.29, 0.717) is 12.4 Å². The largest absolute Gasteiger partial charge is 0.488 e. The Labute approximate surface area is 111 Å². The Balaban J connectivity index is 2.20. The summed E-state index contributed by atoms with van der Waals surface area (Å²) in [6, 6.07) is 14.6. The monoisotopic (exact) mass is 257 g/mol. The van der Waals surface area contributed by atoms with Gasteiger partial charge >= 0.3 is 5.97 Å². The van der Waals surface area contributed by atoms with Gasteiger partial charge in [-0.1, -0.05) is 30.3 Å². The van der Waals surface area contributed by atoms with Crippen molar-refractivity contribution in [1.82, 2.24) is 0 Å². The maximum Gasteiger partial charge on any atom is 0.339 e. The van der Waals surface area contributed by atoms with Gasteiger partial charge in [0.05, 0.1) is 0 Å². The molecule has 0 fully saturated rings. The number of carbonyl (C=O) groups is 1. The van der Waals surface area contributed by atoms with Crippen molar-refractivity contribution in [2.75, 3.05) is 12.4 Å². The quantitative estimate of drug-likeness (QED) is 0.864. The van der Waals surface area contributed by atoms with Crippen LogP contribution in [0.1, 0.15) is 15.9 Å². The molecule has 0 saturated carbocycles. The minimum absolute atomic E-state index is 0.162. The lowest BCUT2D eigenvalue weighted by molar-refractivity contribution is 0.0692. The van der Waals surface area contributed by atoms with Gasteiger partial charge in [-0.25, -0.2) is 4.79 Å². The first-order valence-corrected chi connectivity index (χ1v) is 5.92. The average Bonchev–Trinajstić information content (AvgIpc) is 2.45. The van der Waals surface area contributed by atoms with E-state index in [-0.39, 0.29) is 5.56 Å². The number of rotatable bonds is 5. The average molecular weight is 257 g/mol. The van der Waals surface area contributed by atoms with Crippen molar-refractivity contribution in [2.45, 2.75) is 6.61 Å². The van der Waals surface area contributed by atoms with Crippen LogP contribution in [0, 0.1) is 0 Å². The van der Waals surface area contributed by atoms with Gasteiger partial charge in [0.1, 0.15) is 17.9 Å². The van der Waals surface area contributed by atoms with Gasteiger partial charge in [0, 0.05) is 18.8 Å². The van der Waals surface area contributed by atoms with Crippen LogP contribution in [-0.4, -0.2) is 18.1 Å². The molecule has 0 saturated heterocycles. The number of benzene rings is 2. The van der Waals surface area contributed by atoms with Crippen LogP contribution < -0.4 is 10.1 Å². The Hall–Kier alpha value is -2.49. The summed E-state index contributed by atoms with van der Waals surface area (Å²) in [5.41, 5.74) is 1.97. The van der Waals surface area contributed by atoms with E-state index in [1.807, 2.05) is 30.3 Å². The normalized spacial score (nSPS) is 9.95. The molecule has 4 heteroatoms. The SMILES string of the molecule is CNc1ccc(C(=O)O)c(OCc2ccccc2)c1. The summed E-state index contributed by atoms with van der Waals surface area (Å²) in [5, 5.41) is 12.1. The van der Waals surface area contributed by atoms with Gasteiger partial charge in [-0.3, -0.25) is 0 Å². The van der Waals surface area contributed by atoms with E-state index in [0.717, 1.165) is 11.3 Å². The first-order valence-electron chi connectivity index (χ1n) is 5.92. The highest BCUT2D eigenvalue weighted by Gasteiger charge is 2.12. The molecule has 0 spiro atoms. The maximum absolute atomic E-state index is 11.1. The third-order valence-electron chi connectivity index (χ3n) is 2.74. The van der Waals surface area contributed by atoms with Gasteiger partial charge in [0.2, 0.25) is 0 Å². The smallest absolute Gasteiger partial charge is 0.339 e. The van der Waals surface area contributed by atoms with E-state index in [1.165, 1.54) is 6.07 Å². The van der Waals surface area contributed by atoms with Crippen LogP contribution in [0.15, 0.2) is 48.5 Å². The van der Waals surface area contributed by atoms with E-state index in [2.05, 4.69) is 5.32 Å². The molecule has 0 radical (unpaired) electrons. The Morgan fingerprint density at radius 2 is 1.95 bits per heavy atom. The molecule has 0 aliphatic carbocycles. The number of hydrogen-bond acceptors (Lipinski definition) is 3. The molecule has 0 amide bonds. The first-order chi connectivity index (χ1) is 9.20. The van der Waals surface area contributed by atoms with Crippen molar-refractivity contribution in [3.05, 3.63) is 59.7 Å². The van der Waals surface area contributed by atoms with Gasteiger partial charge < -0.3 is 15.2 Å². The van der Waals surface area contributed by atoms with E-state index < -0.39 is 5.97 Å². The minimum Gasteiger partial charge on any atom is -0.488 e. The zero-order valence-corrected chi connectivity index (χ0v) is 10.6. The van der Waals surface area contributed by atoms with Gasteiger partial charge in [0.25, 0.3) is 0 Å². The summed E-state index contributed by atoms with van der Waals surface area (Å²) in [5.74, 6) is -0.631. The number of aromatic carboxylic acids is 1. The highest BCUT2D eigenvalue weighted by molar-refractivity contribution is 5.91. The fourth-order valence-corrected chi connectivity index (χ4v) is 1.71. The molecule has 2 rings (SSSR count). The zero-order valence-electron chi connectivity index (χ0n) is 10.6. The number of carboxylic acids is 1. The summed E-state index contributed by atoms with van der Waals surface area (Å²) in [7, 11) is 1.77. The minimum atomic E-state index is -0.995. The molecule has 2 aromatic rings. The summed E-state index contributed by atoms with van der Waals surface area (Å²) >= 11 is 0. The van der Waals surface area contributed by atoms with Crippen molar-refractivity contribution in [1.29, 1.82) is 0 Å². The Morgan fingerprint density at radius 1 is 1.21 bits per heavy atom. The number of ether oxygens (including phenoxy) is 1. The predicted octanol–water partition coefficient (Wildman–Crippen LogP) is 3.01. The summed E-state index contributed by atoms with van der Waals surface area (Å²) in [4.78, 5) is 11.1. The van der Waals surface area contributed by atoms with Crippen molar-refractivity contribution in [3.63, 3.8) is 0 Å². The third-order valence-corrected chi connectivity index (χ3v) is 2.74. The molecular weight excluding hydrogens is 242 g/mol. The molecule has 0 atom stereocenters. The molecule has 2 N–H and O–H groups in total. The fourth-order valence-electron chi connectivity index (χ4n) is 1.71. The van der Waals surface area contributed by atoms with Crippen molar-refractivity contribution in [3.8, 4) is 5.75 Å². The van der Waals surface area contributed by atoms with Crippen LogP contribution in [0.5, 0.6) is 5.75 Å². The topological polar surface area (TPSA) is 58.6 Å². The van der Waals surface area contributed by atoms with Crippen molar-refractivity contribution >= 4 is 11.7 Å². The lowest BCUT2D eigenvalue weighted by atomic mass is 10.1. The van der Waals surface area contributed by atoms with Crippen LogP contribution in [0.25, 0.3) is 0 Å². The number of anilines is 1. The molecule has 0 heterocycles. The summed E-state index contributed by atoms with van der Waals surface area (Å²) in [6.45, 7) is 0.342. The highest BCUT2D eigenvalue weighted by Crippen LogP contribution is 2.24. The van der Waals surface area contributed by atoms with Gasteiger partial charge in [-0.2, -0.15) is 0 Å². The van der Waals surface area contributed by atoms with Gasteiger partial charge in [-0.05, 0) is 17.7 Å². The van der Waals surface area contributed by atoms with E-state index in [9.17, 15) is 4.79 Å². The molecule has 0 aliphatic heterocycles. The second kappa shape index (κ2) is 5.91. The van der Waals surface area contributed by atoms with Gasteiger partial charge in [0.15, 0.2) is 0 Å². The molecule has 0 bridgehead atoms. The summed E-state index contributed by atoms with van der Waals surface area (Å²) < 4.78 is 5.61. The number of carboxylic acid groups (broad SMARTS) is 1. The fraction of sp³-hybridized carbons (Fsp3) is 0.133. The first kappa shape index (κ1) is 13.0. The predicted molar refractivity (Wildman–Crippen MR) is 73.7 cm³/mol. The van der Waals surface area contributed by atoms with Crippen LogP contribution in [0.3, 0.4) is 0 Å². The Morgan fingerprint density at radius 3 is 2.58 bits per heavy atom. The van der Waals surface area contributed by atoms with E-state index in [4.69, 9.17) is 9.84 Å². The molecule has 0 aromatic heterocycles. The van der Waals surface area contributed by atoms with Crippen LogP contribution in [0.2, 0.25) is 0 Å². The number of nitrogens with one attached hydrogen (secondary N) is 1. The second-order valence-corrected chi connectivity index (χ2v) is 4.04. The van der Waals surface area contributed by atoms with Crippen molar-refractivity contribution < 1.29 is 14.6 Å². The molecule has 98 valence electrons. The molecule has 0 unspecified atom stereocenters. The lowest BCUT2D eigenvalue weighted by Gasteiger charge is -2.11. The summed E-state index contributed by atoms with van der Waals surface area (Å²) in [6.07, 6.45) is 0. The molecule has 0 aliphatic rings. The van der Waals surface area contributed by atoms with Crippen LogP contribution >= 0.6 is 0 Å². The lowest BCUT2D eigenvalue weighted by Crippen LogP contribution is -2.04. The Bertz CT molecular complexity index is 567. The van der Waals surface area contributed by atoms with E-state index in [1.54, 1.807) is 19.2 Å². The van der Waals surface area contributed by atoms with Crippen LogP contribution in [0.4, 0.5) is 5.69 Å².